The number of nitrogens with zero attached hydrogens (tertiary/aromatic N) is 3. The Kier molecular flexibility index (Phi) is 9.02. The molecule has 3 heterocycles. The van der Waals surface area contributed by atoms with Crippen LogP contribution in [0.4, 0.5) is 34.1 Å². The van der Waals surface area contributed by atoms with E-state index >= 15 is 0 Å². The predicted octanol–water partition coefficient (Wildman–Crippen LogP) is 20.6. The van der Waals surface area contributed by atoms with Gasteiger partial charge >= 0.3 is 0 Å². The van der Waals surface area contributed by atoms with Crippen molar-refractivity contribution in [2.24, 2.45) is 0 Å². The normalized spacial score (nSPS) is 14.2. The van der Waals surface area contributed by atoms with E-state index in [1.54, 1.807) is 0 Å². The van der Waals surface area contributed by atoms with Gasteiger partial charge in [0.2, 0.25) is 0 Å². The summed E-state index contributed by atoms with van der Waals surface area (Å²) in [4.78, 5) is 4.87. The summed E-state index contributed by atoms with van der Waals surface area (Å²) >= 11 is 0. The van der Waals surface area contributed by atoms with Gasteiger partial charge < -0.3 is 18.6 Å². The van der Waals surface area contributed by atoms with Gasteiger partial charge in [0, 0.05) is 77.7 Å². The molecule has 4 nitrogen and oxygen atoms in total. The third-order valence-electron chi connectivity index (χ3n) is 17.8. The van der Waals surface area contributed by atoms with E-state index in [0.717, 1.165) is 50.4 Å². The molecule has 0 unspecified atom stereocenters. The molecule has 0 saturated carbocycles. The predicted molar refractivity (Wildman–Crippen MR) is 324 cm³/mol. The minimum Gasteiger partial charge on any atom is -0.456 e. The zero-order valence-electron chi connectivity index (χ0n) is 44.1. The first-order valence-electron chi connectivity index (χ1n) is 27.3. The van der Waals surface area contributed by atoms with Crippen LogP contribution in [0.5, 0.6) is 0 Å². The van der Waals surface area contributed by atoms with Gasteiger partial charge in [-0.15, -0.1) is 0 Å². The van der Waals surface area contributed by atoms with Crippen molar-refractivity contribution in [3.8, 4) is 22.3 Å². The summed E-state index contributed by atoms with van der Waals surface area (Å²) in [7, 11) is 0. The fourth-order valence-electron chi connectivity index (χ4n) is 14.0. The minimum atomic E-state index is -0.137. The lowest BCUT2D eigenvalue weighted by molar-refractivity contribution is 0.660. The molecule has 0 saturated heterocycles. The van der Waals surface area contributed by atoms with Gasteiger partial charge in [-0.1, -0.05) is 157 Å². The zero-order valence-corrected chi connectivity index (χ0v) is 44.1. The Bertz CT molecular complexity index is 4780. The smallest absolute Gasteiger partial charge is 0.137 e. The second kappa shape index (κ2) is 15.7. The number of furan rings is 1. The molecule has 11 aromatic carbocycles. The van der Waals surface area contributed by atoms with Crippen LogP contribution in [0.1, 0.15) is 75.3 Å². The SMILES string of the molecule is CC(C)c1ccc2c(c1)c1c(N(c3ccccc3)c3ccc4c(c3)C(C)(C)c3ccccc3-4)ccc3c4c5cc6oc7cc(N(c8ccccc8)c8ccc9c(c8)C(C)(C)c8ccccc8-9)ccc7c6cc5ccc4n2c31. The van der Waals surface area contributed by atoms with E-state index in [1.807, 2.05) is 0 Å². The molecular weight excluding hydrogens is 935 g/mol. The second-order valence-electron chi connectivity index (χ2n) is 23.1. The van der Waals surface area contributed by atoms with Crippen molar-refractivity contribution < 1.29 is 4.42 Å². The third kappa shape index (κ3) is 6.10. The van der Waals surface area contributed by atoms with E-state index in [-0.39, 0.29) is 10.8 Å². The van der Waals surface area contributed by atoms with Crippen LogP contribution in [-0.2, 0) is 10.8 Å². The molecule has 16 rings (SSSR count). The number of para-hydroxylation sites is 2. The number of fused-ring (bicyclic) bond motifs is 17. The fourth-order valence-corrected chi connectivity index (χ4v) is 14.0. The maximum Gasteiger partial charge on any atom is 0.137 e. The number of aromatic nitrogens is 1. The van der Waals surface area contributed by atoms with Gasteiger partial charge in [0.05, 0.1) is 22.2 Å². The lowest BCUT2D eigenvalue weighted by Crippen LogP contribution is -2.16. The standard InChI is InChI=1S/C73H55N3O/c1-43(2)44-25-34-64-59(37-44)70-66(75(47-19-11-8-12-20-47)49-28-31-54-52-22-14-16-24-61(52)73(5,6)63(54)40-49)36-33-56-69-57-42-68-58(38-45(57)26-35-65(69)76(64)71(56)70)55-32-29-50(41-67(55)77-68)74(46-17-9-7-10-18-46)48-27-30-53-51-21-13-15-23-60(51)72(3,4)62(53)39-48/h7-43H,1-6H3. The first-order chi connectivity index (χ1) is 37.5. The summed E-state index contributed by atoms with van der Waals surface area (Å²) < 4.78 is 9.59. The van der Waals surface area contributed by atoms with Crippen LogP contribution >= 0.6 is 0 Å². The van der Waals surface area contributed by atoms with E-state index in [1.165, 1.54) is 105 Å². The Balaban J connectivity index is 0.887. The maximum atomic E-state index is 7.05. The molecule has 3 aromatic heterocycles. The highest BCUT2D eigenvalue weighted by molar-refractivity contribution is 6.32. The first kappa shape index (κ1) is 44.2. The summed E-state index contributed by atoms with van der Waals surface area (Å²) in [5.41, 5.74) is 23.9. The Labute approximate surface area is 448 Å². The lowest BCUT2D eigenvalue weighted by Gasteiger charge is -2.29. The van der Waals surface area contributed by atoms with Crippen molar-refractivity contribution in [3.05, 3.63) is 246 Å². The van der Waals surface area contributed by atoms with E-state index in [2.05, 4.69) is 274 Å². The Morgan fingerprint density at radius 3 is 1.58 bits per heavy atom. The molecule has 0 radical (unpaired) electrons. The molecule has 14 aromatic rings. The fraction of sp³-hybridized carbons (Fsp3) is 0.123. The summed E-state index contributed by atoms with van der Waals surface area (Å²) in [6.45, 7) is 14.0. The largest absolute Gasteiger partial charge is 0.456 e. The Hall–Kier alpha value is -9.12. The topological polar surface area (TPSA) is 24.0 Å². The van der Waals surface area contributed by atoms with Crippen LogP contribution in [0, 0.1) is 0 Å². The van der Waals surface area contributed by atoms with Crippen molar-refractivity contribution in [2.75, 3.05) is 9.80 Å². The van der Waals surface area contributed by atoms with Crippen LogP contribution in [0.3, 0.4) is 0 Å². The molecule has 77 heavy (non-hydrogen) atoms. The molecule has 2 aliphatic rings. The summed E-state index contributed by atoms with van der Waals surface area (Å²) in [5, 5.41) is 9.61. The van der Waals surface area contributed by atoms with E-state index in [9.17, 15) is 0 Å². The van der Waals surface area contributed by atoms with Crippen LogP contribution in [0.25, 0.3) is 93.1 Å². The Morgan fingerprint density at radius 2 is 0.922 bits per heavy atom. The van der Waals surface area contributed by atoms with E-state index in [4.69, 9.17) is 4.42 Å². The minimum absolute atomic E-state index is 0.119. The molecule has 368 valence electrons. The number of hydrogen-bond donors (Lipinski definition) is 0. The second-order valence-corrected chi connectivity index (χ2v) is 23.1. The molecular formula is C73H55N3O. The van der Waals surface area contributed by atoms with Crippen molar-refractivity contribution in [1.82, 2.24) is 4.40 Å². The molecule has 4 heteroatoms. The van der Waals surface area contributed by atoms with Crippen LogP contribution in [0.2, 0.25) is 0 Å². The number of rotatable bonds is 7. The van der Waals surface area contributed by atoms with Gasteiger partial charge in [0.1, 0.15) is 11.2 Å². The number of benzene rings is 11. The third-order valence-corrected chi connectivity index (χ3v) is 17.8. The van der Waals surface area contributed by atoms with Crippen LogP contribution in [0.15, 0.2) is 223 Å². The first-order valence-corrected chi connectivity index (χ1v) is 27.3. The lowest BCUT2D eigenvalue weighted by atomic mass is 9.82. The summed E-state index contributed by atoms with van der Waals surface area (Å²) in [6.07, 6.45) is 0. The average Bonchev–Trinajstić information content (AvgIpc) is 4.36. The Morgan fingerprint density at radius 1 is 0.377 bits per heavy atom. The van der Waals surface area contributed by atoms with Crippen molar-refractivity contribution in [3.63, 3.8) is 0 Å². The van der Waals surface area contributed by atoms with Crippen molar-refractivity contribution in [2.45, 2.75) is 58.3 Å². The highest BCUT2D eigenvalue weighted by Crippen LogP contribution is 2.55. The highest BCUT2D eigenvalue weighted by atomic mass is 16.3. The monoisotopic (exact) mass is 989 g/mol. The molecule has 0 aliphatic heterocycles. The molecule has 0 amide bonds. The summed E-state index contributed by atoms with van der Waals surface area (Å²) in [5.74, 6) is 0.378. The maximum absolute atomic E-state index is 7.05. The van der Waals surface area contributed by atoms with Crippen LogP contribution in [-0.4, -0.2) is 4.40 Å². The molecule has 0 atom stereocenters. The van der Waals surface area contributed by atoms with Gasteiger partial charge in [-0.05, 0) is 164 Å². The zero-order chi connectivity index (χ0) is 51.6. The molecule has 0 bridgehead atoms. The van der Waals surface area contributed by atoms with Crippen molar-refractivity contribution in [1.29, 1.82) is 0 Å². The molecule has 0 spiro atoms. The molecule has 0 fully saturated rings. The van der Waals surface area contributed by atoms with E-state index in [0.29, 0.717) is 5.92 Å². The highest BCUT2D eigenvalue weighted by Gasteiger charge is 2.38. The van der Waals surface area contributed by atoms with E-state index < -0.39 is 0 Å². The average molecular weight is 990 g/mol. The van der Waals surface area contributed by atoms with Gasteiger partial charge in [0.25, 0.3) is 0 Å². The van der Waals surface area contributed by atoms with Gasteiger partial charge in [0.15, 0.2) is 0 Å². The van der Waals surface area contributed by atoms with Gasteiger partial charge in [-0.2, -0.15) is 0 Å². The van der Waals surface area contributed by atoms with Gasteiger partial charge in [-0.3, -0.25) is 0 Å². The molecule has 0 N–H and O–H groups in total. The number of anilines is 6. The van der Waals surface area contributed by atoms with Crippen molar-refractivity contribution >= 4 is 105 Å². The number of hydrogen-bond acceptors (Lipinski definition) is 3. The van der Waals surface area contributed by atoms with Gasteiger partial charge in [-0.25, -0.2) is 0 Å². The quantitative estimate of drug-likeness (QED) is 0.159. The van der Waals surface area contributed by atoms with Crippen LogP contribution < -0.4 is 9.80 Å². The molecule has 2 aliphatic carbocycles. The summed E-state index contributed by atoms with van der Waals surface area (Å²) in [6, 6.07) is 81.6.